The minimum absolute atomic E-state index is 0.236. The van der Waals surface area contributed by atoms with Gasteiger partial charge in [0.1, 0.15) is 5.15 Å². The van der Waals surface area contributed by atoms with Crippen molar-refractivity contribution in [2.45, 2.75) is 6.43 Å². The van der Waals surface area contributed by atoms with Crippen molar-refractivity contribution in [1.82, 2.24) is 4.98 Å². The summed E-state index contributed by atoms with van der Waals surface area (Å²) in [6, 6.07) is 0. The molecular formula is C7H2Cl3F2NO. The molecule has 0 fully saturated rings. The molecule has 0 aliphatic heterocycles. The smallest absolute Gasteiger partial charge is 0.288 e. The van der Waals surface area contributed by atoms with Gasteiger partial charge >= 0.3 is 6.43 Å². The molecule has 0 atom stereocenters. The van der Waals surface area contributed by atoms with E-state index in [1.165, 1.54) is 0 Å². The van der Waals surface area contributed by atoms with Crippen LogP contribution in [-0.4, -0.2) is 17.2 Å². The summed E-state index contributed by atoms with van der Waals surface area (Å²) in [7, 11) is 0. The molecule has 1 rings (SSSR count). The van der Waals surface area contributed by atoms with Crippen LogP contribution in [0.5, 0.6) is 0 Å². The number of carbonyl (C=O) groups is 1. The maximum atomic E-state index is 12.1. The van der Waals surface area contributed by atoms with E-state index in [1.54, 1.807) is 0 Å². The predicted octanol–water partition coefficient (Wildman–Crippen LogP) is 3.49. The van der Waals surface area contributed by atoms with Crippen molar-refractivity contribution in [1.29, 1.82) is 0 Å². The van der Waals surface area contributed by atoms with Crippen LogP contribution in [0.1, 0.15) is 10.4 Å². The molecule has 7 heteroatoms. The topological polar surface area (TPSA) is 30.0 Å². The van der Waals surface area contributed by atoms with Crippen LogP contribution in [0, 0.1) is 0 Å². The largest absolute Gasteiger partial charge is 0.300 e. The van der Waals surface area contributed by atoms with Gasteiger partial charge in [-0.1, -0.05) is 34.8 Å². The number of alkyl halides is 2. The Kier molecular flexibility index (Phi) is 3.64. The molecule has 0 saturated carbocycles. The Morgan fingerprint density at radius 3 is 2.43 bits per heavy atom. The quantitative estimate of drug-likeness (QED) is 0.602. The number of rotatable bonds is 2. The Balaban J connectivity index is 3.33. The lowest BCUT2D eigenvalue weighted by molar-refractivity contribution is 0.0679. The Labute approximate surface area is 92.8 Å². The minimum atomic E-state index is -3.18. The third-order valence-electron chi connectivity index (χ3n) is 1.38. The molecule has 0 N–H and O–H groups in total. The maximum absolute atomic E-state index is 12.1. The average Bonchev–Trinajstić information content (AvgIpc) is 2.12. The monoisotopic (exact) mass is 259 g/mol. The highest BCUT2D eigenvalue weighted by molar-refractivity contribution is 6.45. The molecule has 0 unspecified atom stereocenters. The van der Waals surface area contributed by atoms with Crippen molar-refractivity contribution < 1.29 is 13.6 Å². The second-order valence-corrected chi connectivity index (χ2v) is 3.39. The van der Waals surface area contributed by atoms with Gasteiger partial charge in [-0.2, -0.15) is 0 Å². The lowest BCUT2D eigenvalue weighted by atomic mass is 10.2. The van der Waals surface area contributed by atoms with E-state index in [1.807, 2.05) is 0 Å². The number of pyridine rings is 1. The van der Waals surface area contributed by atoms with Gasteiger partial charge in [0.25, 0.3) is 0 Å². The Morgan fingerprint density at radius 1 is 1.36 bits per heavy atom. The lowest BCUT2D eigenvalue weighted by Crippen LogP contribution is -2.12. The SMILES string of the molecule is O=C(c1c(Cl)cnc(Cl)c1Cl)C(F)F. The molecular weight excluding hydrogens is 258 g/mol. The highest BCUT2D eigenvalue weighted by Crippen LogP contribution is 2.30. The van der Waals surface area contributed by atoms with Crippen LogP contribution in [0.25, 0.3) is 0 Å². The van der Waals surface area contributed by atoms with E-state index in [-0.39, 0.29) is 15.2 Å². The van der Waals surface area contributed by atoms with Crippen molar-refractivity contribution in [2.75, 3.05) is 0 Å². The van der Waals surface area contributed by atoms with Crippen LogP contribution in [0.2, 0.25) is 15.2 Å². The van der Waals surface area contributed by atoms with Crippen LogP contribution in [0.4, 0.5) is 8.78 Å². The van der Waals surface area contributed by atoms with Gasteiger partial charge in [0.05, 0.1) is 15.6 Å². The molecule has 0 spiro atoms. The first-order valence-corrected chi connectivity index (χ1v) is 4.40. The summed E-state index contributed by atoms with van der Waals surface area (Å²) in [4.78, 5) is 14.4. The van der Waals surface area contributed by atoms with Gasteiger partial charge in [0.2, 0.25) is 5.78 Å². The number of hydrogen-bond donors (Lipinski definition) is 0. The first-order valence-electron chi connectivity index (χ1n) is 3.27. The molecule has 0 saturated heterocycles. The van der Waals surface area contributed by atoms with E-state index in [4.69, 9.17) is 34.8 Å². The van der Waals surface area contributed by atoms with Gasteiger partial charge in [-0.15, -0.1) is 0 Å². The van der Waals surface area contributed by atoms with Crippen molar-refractivity contribution in [3.05, 3.63) is 27.0 Å². The standard InChI is InChI=1S/C7H2Cl3F2NO/c8-2-1-13-6(10)4(9)3(2)5(14)7(11)12/h1,7H. The summed E-state index contributed by atoms with van der Waals surface area (Å²) in [5.41, 5.74) is -0.497. The fourth-order valence-corrected chi connectivity index (χ4v) is 1.45. The number of carbonyl (C=O) groups excluding carboxylic acids is 1. The number of halogens is 5. The summed E-state index contributed by atoms with van der Waals surface area (Å²) < 4.78 is 24.2. The summed E-state index contributed by atoms with van der Waals surface area (Å²) in [5, 5.41) is -0.839. The van der Waals surface area contributed by atoms with E-state index in [9.17, 15) is 13.6 Å². The van der Waals surface area contributed by atoms with Crippen LogP contribution in [0.15, 0.2) is 6.20 Å². The van der Waals surface area contributed by atoms with Crippen molar-refractivity contribution >= 4 is 40.6 Å². The van der Waals surface area contributed by atoms with Gasteiger partial charge in [-0.05, 0) is 0 Å². The Bertz CT molecular complexity index is 383. The predicted molar refractivity (Wildman–Crippen MR) is 49.6 cm³/mol. The lowest BCUT2D eigenvalue weighted by Gasteiger charge is -2.05. The van der Waals surface area contributed by atoms with Crippen molar-refractivity contribution in [2.24, 2.45) is 0 Å². The first kappa shape index (κ1) is 11.6. The van der Waals surface area contributed by atoms with Crippen molar-refractivity contribution in [3.63, 3.8) is 0 Å². The second kappa shape index (κ2) is 4.38. The number of Topliss-reactive ketones (excluding diaryl/α,β-unsaturated/α-hetero) is 1. The summed E-state index contributed by atoms with van der Waals surface area (Å²) in [6.07, 6.45) is -2.19. The highest BCUT2D eigenvalue weighted by Gasteiger charge is 2.25. The Morgan fingerprint density at radius 2 is 1.93 bits per heavy atom. The van der Waals surface area contributed by atoms with Crippen LogP contribution >= 0.6 is 34.8 Å². The van der Waals surface area contributed by atoms with Crippen LogP contribution in [0.3, 0.4) is 0 Å². The molecule has 14 heavy (non-hydrogen) atoms. The molecule has 0 bridgehead atoms. The third-order valence-corrected chi connectivity index (χ3v) is 2.41. The molecule has 0 aliphatic rings. The summed E-state index contributed by atoms with van der Waals surface area (Å²) >= 11 is 16.4. The number of hydrogen-bond acceptors (Lipinski definition) is 2. The summed E-state index contributed by atoms with van der Waals surface area (Å²) in [5.74, 6) is -1.47. The number of ketones is 1. The van der Waals surface area contributed by atoms with Gasteiger partial charge in [0, 0.05) is 6.20 Å². The minimum Gasteiger partial charge on any atom is -0.288 e. The zero-order valence-corrected chi connectivity index (χ0v) is 8.67. The van der Waals surface area contributed by atoms with Gasteiger partial charge in [0.15, 0.2) is 0 Å². The molecule has 0 radical (unpaired) electrons. The number of aromatic nitrogens is 1. The van der Waals surface area contributed by atoms with Crippen molar-refractivity contribution in [3.8, 4) is 0 Å². The van der Waals surface area contributed by atoms with E-state index in [0.29, 0.717) is 0 Å². The number of nitrogens with zero attached hydrogens (tertiary/aromatic N) is 1. The molecule has 0 aromatic carbocycles. The normalized spacial score (nSPS) is 10.7. The maximum Gasteiger partial charge on any atom is 0.300 e. The molecule has 0 aliphatic carbocycles. The molecule has 1 aromatic rings. The van der Waals surface area contributed by atoms with Gasteiger partial charge < -0.3 is 0 Å². The molecule has 76 valence electrons. The zero-order chi connectivity index (χ0) is 10.9. The first-order chi connectivity index (χ1) is 6.45. The fourth-order valence-electron chi connectivity index (χ4n) is 0.778. The third kappa shape index (κ3) is 2.13. The van der Waals surface area contributed by atoms with Crippen LogP contribution < -0.4 is 0 Å². The van der Waals surface area contributed by atoms with Crippen LogP contribution in [-0.2, 0) is 0 Å². The molecule has 1 heterocycles. The highest BCUT2D eigenvalue weighted by atomic mass is 35.5. The van der Waals surface area contributed by atoms with Gasteiger partial charge in [-0.25, -0.2) is 13.8 Å². The van der Waals surface area contributed by atoms with E-state index in [0.717, 1.165) is 6.20 Å². The molecule has 2 nitrogen and oxygen atoms in total. The second-order valence-electron chi connectivity index (χ2n) is 2.25. The Hall–Kier alpha value is -0.450. The summed E-state index contributed by atoms with van der Waals surface area (Å²) in [6.45, 7) is 0. The molecule has 0 amide bonds. The molecule has 1 aromatic heterocycles. The van der Waals surface area contributed by atoms with Gasteiger partial charge in [-0.3, -0.25) is 4.79 Å². The average molecular weight is 260 g/mol. The van der Waals surface area contributed by atoms with E-state index >= 15 is 0 Å². The van der Waals surface area contributed by atoms with E-state index < -0.39 is 17.8 Å². The fraction of sp³-hybridized carbons (Fsp3) is 0.143. The van der Waals surface area contributed by atoms with E-state index in [2.05, 4.69) is 4.98 Å². The zero-order valence-electron chi connectivity index (χ0n) is 6.40.